The molecule has 56 heavy (non-hydrogen) atoms. The minimum atomic E-state index is -0.618. The smallest absolute Gasteiger partial charge is 0.164 e. The third-order valence-corrected chi connectivity index (χ3v) is 10.1. The number of hydrogen-bond acceptors (Lipinski definition) is 4. The molecule has 3 heterocycles. The van der Waals surface area contributed by atoms with Crippen LogP contribution in [-0.4, -0.2) is 19.5 Å². The normalized spacial score (nSPS) is 14.1. The molecule has 0 N–H and O–H groups in total. The van der Waals surface area contributed by atoms with Gasteiger partial charge in [0.25, 0.3) is 0 Å². The highest BCUT2D eigenvalue weighted by molar-refractivity contribution is 6.14. The Balaban J connectivity index is 1.09. The fourth-order valence-electron chi connectivity index (χ4n) is 7.50. The maximum Gasteiger partial charge on any atom is 0.164 e. The van der Waals surface area contributed by atoms with Crippen LogP contribution in [0.1, 0.15) is 13.7 Å². The predicted molar refractivity (Wildman–Crippen MR) is 229 cm³/mol. The van der Waals surface area contributed by atoms with Crippen molar-refractivity contribution in [3.63, 3.8) is 0 Å². The number of fused-ring (bicyclic) bond motifs is 6. The first kappa shape index (κ1) is 23.2. The van der Waals surface area contributed by atoms with Gasteiger partial charge in [-0.05, 0) is 70.8 Å². The van der Waals surface area contributed by atoms with Gasteiger partial charge in [0.2, 0.25) is 0 Å². The number of nitrogens with zero attached hydrogens (tertiary/aromatic N) is 4. The van der Waals surface area contributed by atoms with E-state index >= 15 is 0 Å². The Hall–Kier alpha value is -7.63. The topological polar surface area (TPSA) is 56.7 Å². The van der Waals surface area contributed by atoms with Crippen LogP contribution in [0.2, 0.25) is 0 Å². The van der Waals surface area contributed by atoms with Gasteiger partial charge in [0.05, 0.1) is 24.7 Å². The molecule has 5 nitrogen and oxygen atoms in total. The summed E-state index contributed by atoms with van der Waals surface area (Å²) in [6.07, 6.45) is 0. The van der Waals surface area contributed by atoms with Crippen molar-refractivity contribution in [2.75, 3.05) is 0 Å². The van der Waals surface area contributed by atoms with Crippen molar-refractivity contribution in [2.24, 2.45) is 0 Å². The third-order valence-electron chi connectivity index (χ3n) is 10.1. The summed E-state index contributed by atoms with van der Waals surface area (Å²) < 4.78 is 93.5. The summed E-state index contributed by atoms with van der Waals surface area (Å²) >= 11 is 0. The molecule has 0 saturated carbocycles. The maximum absolute atomic E-state index is 8.75. The van der Waals surface area contributed by atoms with E-state index in [4.69, 9.17) is 28.1 Å². The first-order valence-electron chi connectivity index (χ1n) is 23.0. The van der Waals surface area contributed by atoms with Crippen molar-refractivity contribution < 1.29 is 18.1 Å². The first-order chi connectivity index (χ1) is 31.9. The number of furan rings is 1. The molecule has 0 amide bonds. The summed E-state index contributed by atoms with van der Waals surface area (Å²) in [6.45, 7) is 0. The molecule has 0 saturated heterocycles. The molecule has 0 bridgehead atoms. The predicted octanol–water partition coefficient (Wildman–Crippen LogP) is 13.2. The Kier molecular flexibility index (Phi) is 5.41. The zero-order valence-corrected chi connectivity index (χ0v) is 29.4. The van der Waals surface area contributed by atoms with E-state index < -0.39 is 60.4 Å². The quantitative estimate of drug-likeness (QED) is 0.171. The molecular weight excluding hydrogens is 685 g/mol. The Morgan fingerprint density at radius 1 is 0.411 bits per heavy atom. The van der Waals surface area contributed by atoms with E-state index in [9.17, 15) is 0 Å². The lowest BCUT2D eigenvalue weighted by molar-refractivity contribution is 0.669. The molecule has 11 rings (SSSR count). The fourth-order valence-corrected chi connectivity index (χ4v) is 7.50. The molecule has 8 aromatic carbocycles. The molecule has 0 aliphatic heterocycles. The number of rotatable bonds is 6. The molecule has 3 aromatic heterocycles. The van der Waals surface area contributed by atoms with Gasteiger partial charge in [0, 0.05) is 43.9 Å². The average molecular weight is 727 g/mol. The largest absolute Gasteiger partial charge is 0.456 e. The molecule has 0 spiro atoms. The summed E-state index contributed by atoms with van der Waals surface area (Å²) in [5.41, 5.74) is 8.03. The highest BCUT2D eigenvalue weighted by Crippen LogP contribution is 2.40. The number of benzene rings is 8. The molecule has 0 fully saturated rings. The Morgan fingerprint density at radius 2 is 1.00 bits per heavy atom. The van der Waals surface area contributed by atoms with Crippen LogP contribution < -0.4 is 0 Å². The van der Waals surface area contributed by atoms with Gasteiger partial charge in [0.15, 0.2) is 17.5 Å². The molecule has 0 unspecified atom stereocenters. The minimum Gasteiger partial charge on any atom is -0.456 e. The second-order valence-corrected chi connectivity index (χ2v) is 13.3. The Morgan fingerprint density at radius 3 is 1.73 bits per heavy atom. The van der Waals surface area contributed by atoms with Gasteiger partial charge < -0.3 is 8.98 Å². The zero-order chi connectivity index (χ0) is 45.7. The van der Waals surface area contributed by atoms with Crippen molar-refractivity contribution in [3.8, 4) is 62.1 Å². The molecule has 0 radical (unpaired) electrons. The summed E-state index contributed by atoms with van der Waals surface area (Å²) in [5.74, 6) is -0.730. The van der Waals surface area contributed by atoms with Gasteiger partial charge in [-0.1, -0.05) is 145 Å². The molecule has 0 atom stereocenters. The van der Waals surface area contributed by atoms with Gasteiger partial charge in [-0.3, -0.25) is 0 Å². The van der Waals surface area contributed by atoms with Crippen LogP contribution in [0.3, 0.4) is 0 Å². The minimum absolute atomic E-state index is 0.0432. The van der Waals surface area contributed by atoms with Crippen LogP contribution in [0.4, 0.5) is 0 Å². The fraction of sp³-hybridized carbons (Fsp3) is 0. The van der Waals surface area contributed by atoms with Gasteiger partial charge >= 0.3 is 0 Å². The summed E-state index contributed by atoms with van der Waals surface area (Å²) in [6, 6.07) is 38.7. The van der Waals surface area contributed by atoms with Gasteiger partial charge in [-0.15, -0.1) is 0 Å². The lowest BCUT2D eigenvalue weighted by atomic mass is 9.99. The van der Waals surface area contributed by atoms with Crippen LogP contribution in [-0.2, 0) is 0 Å². The summed E-state index contributed by atoms with van der Waals surface area (Å²) in [5, 5.41) is 3.46. The van der Waals surface area contributed by atoms with E-state index in [-0.39, 0.29) is 28.6 Å². The molecule has 0 aliphatic carbocycles. The molecule has 0 aliphatic rings. The number of para-hydroxylation sites is 1. The van der Waals surface area contributed by atoms with E-state index in [1.807, 2.05) is 48.5 Å². The third kappa shape index (κ3) is 5.37. The molecule has 262 valence electrons. The lowest BCUT2D eigenvalue weighted by Crippen LogP contribution is -2.00. The first-order valence-corrected chi connectivity index (χ1v) is 18.0. The standard InChI is InChI=1S/C51H32N4O/c1-4-13-33(14-5-1)34-23-27-39(28-24-34)55-44-21-11-10-19-40(44)42-31-37(25-29-45(42)55)38-26-30-46-43(32-38)48-41(20-12-22-47(48)56-46)51-53-49(35-15-6-2-7-16-35)52-50(54-51)36-17-8-3-9-18-36/h1-32H/i2D,3D,6D,7D,8D,9D,15D,16D,17D,18D. The number of hydrogen-bond donors (Lipinski definition) is 0. The second kappa shape index (κ2) is 13.0. The van der Waals surface area contributed by atoms with Crippen molar-refractivity contribution in [2.45, 2.75) is 0 Å². The van der Waals surface area contributed by atoms with Gasteiger partial charge in [-0.2, -0.15) is 0 Å². The summed E-state index contributed by atoms with van der Waals surface area (Å²) in [7, 11) is 0. The van der Waals surface area contributed by atoms with Crippen LogP contribution in [0.5, 0.6) is 0 Å². The highest BCUT2D eigenvalue weighted by Gasteiger charge is 2.19. The van der Waals surface area contributed by atoms with E-state index in [1.165, 1.54) is 0 Å². The average Bonchev–Trinajstić information content (AvgIpc) is 3.89. The van der Waals surface area contributed by atoms with Crippen molar-refractivity contribution in [1.29, 1.82) is 0 Å². The van der Waals surface area contributed by atoms with E-state index in [2.05, 4.69) is 76.3 Å². The van der Waals surface area contributed by atoms with Crippen molar-refractivity contribution in [1.82, 2.24) is 19.5 Å². The van der Waals surface area contributed by atoms with Crippen LogP contribution in [0, 0.1) is 0 Å². The zero-order valence-electron chi connectivity index (χ0n) is 39.4. The number of aromatic nitrogens is 4. The van der Waals surface area contributed by atoms with Crippen molar-refractivity contribution in [3.05, 3.63) is 194 Å². The van der Waals surface area contributed by atoms with Gasteiger partial charge in [0.1, 0.15) is 11.2 Å². The van der Waals surface area contributed by atoms with E-state index in [0.29, 0.717) is 27.5 Å². The monoisotopic (exact) mass is 726 g/mol. The van der Waals surface area contributed by atoms with Crippen LogP contribution in [0.15, 0.2) is 198 Å². The van der Waals surface area contributed by atoms with Crippen LogP contribution >= 0.6 is 0 Å². The highest BCUT2D eigenvalue weighted by atomic mass is 16.3. The Labute approximate surface area is 336 Å². The second-order valence-electron chi connectivity index (χ2n) is 13.3. The van der Waals surface area contributed by atoms with Crippen LogP contribution in [0.25, 0.3) is 106 Å². The molecular formula is C51H32N4O. The molecule has 5 heteroatoms. The van der Waals surface area contributed by atoms with E-state index in [1.54, 1.807) is 18.2 Å². The van der Waals surface area contributed by atoms with Gasteiger partial charge in [-0.25, -0.2) is 15.0 Å². The summed E-state index contributed by atoms with van der Waals surface area (Å²) in [4.78, 5) is 13.8. The molecule has 11 aromatic rings. The van der Waals surface area contributed by atoms with Crippen molar-refractivity contribution >= 4 is 43.7 Å². The lowest BCUT2D eigenvalue weighted by Gasteiger charge is -2.10. The van der Waals surface area contributed by atoms with E-state index in [0.717, 1.165) is 49.7 Å². The maximum atomic E-state index is 8.75. The Bertz CT molecular complexity index is 3690. The SMILES string of the molecule is [2H]c1c([2H])c([2H])c(-c2nc(-c3c([2H])c([2H])c([2H])c([2H])c3[2H])nc(-c3cccc4oc5ccc(-c6ccc7c(c6)c6ccccc6n7-c6ccc(-c7ccccc7)cc6)cc5c34)n2)c([2H])c1[2H].